The number of aliphatic imine (C=N–C) groups is 1. The molecule has 0 radical (unpaired) electrons. The third-order valence-electron chi connectivity index (χ3n) is 3.96. The van der Waals surface area contributed by atoms with Crippen molar-refractivity contribution >= 4 is 29.9 Å². The van der Waals surface area contributed by atoms with E-state index < -0.39 is 18.2 Å². The average molecular weight is 541 g/mol. The van der Waals surface area contributed by atoms with Crippen molar-refractivity contribution in [1.82, 2.24) is 10.6 Å². The maximum absolute atomic E-state index is 13.7. The molecule has 0 unspecified atom stereocenters. The second kappa shape index (κ2) is 13.1. The summed E-state index contributed by atoms with van der Waals surface area (Å²) in [4.78, 5) is 4.03. The van der Waals surface area contributed by atoms with Crippen molar-refractivity contribution in [2.45, 2.75) is 26.5 Å². The lowest BCUT2D eigenvalue weighted by molar-refractivity contribution is -0.0520. The van der Waals surface area contributed by atoms with E-state index in [0.29, 0.717) is 24.7 Å². The number of hydrogen-bond acceptors (Lipinski definition) is 3. The minimum Gasteiger partial charge on any atom is -0.490 e. The van der Waals surface area contributed by atoms with Crippen LogP contribution in [0.2, 0.25) is 0 Å². The van der Waals surface area contributed by atoms with Gasteiger partial charge in [-0.05, 0) is 31.0 Å². The molecular weight excluding hydrogens is 517 g/mol. The van der Waals surface area contributed by atoms with Crippen LogP contribution in [0.15, 0.2) is 41.4 Å². The summed E-state index contributed by atoms with van der Waals surface area (Å²) in [5.41, 5.74) is 0.695. The highest BCUT2D eigenvalue weighted by Gasteiger charge is 2.16. The summed E-state index contributed by atoms with van der Waals surface area (Å²) in [6, 6.07) is 8.85. The van der Waals surface area contributed by atoms with Crippen LogP contribution in [0.3, 0.4) is 0 Å². The number of nitrogens with zero attached hydrogens (tertiary/aromatic N) is 1. The quantitative estimate of drug-likeness (QED) is 0.213. The molecule has 0 aliphatic carbocycles. The average Bonchev–Trinajstić information content (AvgIpc) is 2.69. The third-order valence-corrected chi connectivity index (χ3v) is 3.96. The number of benzene rings is 2. The molecule has 30 heavy (non-hydrogen) atoms. The number of guanidine groups is 1. The van der Waals surface area contributed by atoms with E-state index in [4.69, 9.17) is 4.74 Å². The van der Waals surface area contributed by atoms with Gasteiger partial charge in [0.1, 0.15) is 0 Å². The highest BCUT2D eigenvalue weighted by atomic mass is 127. The maximum atomic E-state index is 13.7. The summed E-state index contributed by atoms with van der Waals surface area (Å²) in [6.07, 6.45) is 0.240. The first-order valence-electron chi connectivity index (χ1n) is 9.03. The lowest BCUT2D eigenvalue weighted by Gasteiger charge is -2.17. The number of hydrogen-bond donors (Lipinski definition) is 2. The topological polar surface area (TPSA) is 54.9 Å². The number of ether oxygens (including phenoxy) is 2. The van der Waals surface area contributed by atoms with Crippen LogP contribution in [-0.2, 0) is 13.0 Å². The lowest BCUT2D eigenvalue weighted by Crippen LogP contribution is -2.38. The van der Waals surface area contributed by atoms with Gasteiger partial charge in [-0.1, -0.05) is 24.3 Å². The number of halogens is 5. The van der Waals surface area contributed by atoms with Gasteiger partial charge in [0.25, 0.3) is 0 Å². The highest BCUT2D eigenvalue weighted by molar-refractivity contribution is 14.0. The molecule has 2 aromatic rings. The minimum atomic E-state index is -2.99. The van der Waals surface area contributed by atoms with Crippen molar-refractivity contribution < 1.29 is 27.0 Å². The zero-order chi connectivity index (χ0) is 21.2. The molecule has 2 N–H and O–H groups in total. The second-order valence-electron chi connectivity index (χ2n) is 5.87. The van der Waals surface area contributed by atoms with Crippen LogP contribution in [0.1, 0.15) is 18.1 Å². The molecule has 5 nitrogen and oxygen atoms in total. The molecule has 166 valence electrons. The normalized spacial score (nSPS) is 11.1. The fourth-order valence-corrected chi connectivity index (χ4v) is 2.65. The number of rotatable bonds is 9. The van der Waals surface area contributed by atoms with Crippen molar-refractivity contribution in [3.8, 4) is 11.5 Å². The van der Waals surface area contributed by atoms with Gasteiger partial charge >= 0.3 is 6.61 Å². The Bertz CT molecular complexity index is 838. The smallest absolute Gasteiger partial charge is 0.387 e. The predicted octanol–water partition coefficient (Wildman–Crippen LogP) is 4.49. The molecule has 0 saturated carbocycles. The molecule has 0 spiro atoms. The molecule has 0 aliphatic heterocycles. The Kier molecular flexibility index (Phi) is 11.3. The summed E-state index contributed by atoms with van der Waals surface area (Å²) in [6.45, 7) is -0.522. The SMILES string of the molecule is CCOc1cccc(CNC(=NC)NCCc2cccc(F)c2F)c1OC(F)F.I. The standard InChI is InChI=1S/C20H23F4N3O2.HI/c1-3-28-16-9-5-7-14(18(16)29-19(23)24)12-27-20(25-2)26-11-10-13-6-4-8-15(21)17(13)22;/h4-9,19H,3,10-12H2,1-2H3,(H2,25,26,27);1H. The fraction of sp³-hybridized carbons (Fsp3) is 0.350. The van der Waals surface area contributed by atoms with Crippen molar-refractivity contribution in [2.75, 3.05) is 20.2 Å². The van der Waals surface area contributed by atoms with Gasteiger partial charge in [-0.25, -0.2) is 8.78 Å². The van der Waals surface area contributed by atoms with Gasteiger partial charge in [0.05, 0.1) is 6.61 Å². The molecule has 0 fully saturated rings. The van der Waals surface area contributed by atoms with Crippen molar-refractivity contribution in [3.63, 3.8) is 0 Å². The predicted molar refractivity (Wildman–Crippen MR) is 118 cm³/mol. The summed E-state index contributed by atoms with van der Waals surface area (Å²) >= 11 is 0. The van der Waals surface area contributed by atoms with Crippen LogP contribution < -0.4 is 20.1 Å². The Morgan fingerprint density at radius 2 is 1.77 bits per heavy atom. The van der Waals surface area contributed by atoms with E-state index in [1.54, 1.807) is 25.1 Å². The highest BCUT2D eigenvalue weighted by Crippen LogP contribution is 2.32. The van der Waals surface area contributed by atoms with Crippen LogP contribution in [0.25, 0.3) is 0 Å². The molecule has 2 aromatic carbocycles. The number of alkyl halides is 2. The summed E-state index contributed by atoms with van der Waals surface area (Å²) in [5, 5.41) is 5.94. The van der Waals surface area contributed by atoms with Gasteiger partial charge in [0.15, 0.2) is 29.1 Å². The number of nitrogens with one attached hydrogen (secondary N) is 2. The van der Waals surface area contributed by atoms with Gasteiger partial charge in [0, 0.05) is 25.7 Å². The fourth-order valence-electron chi connectivity index (χ4n) is 2.65. The van der Waals surface area contributed by atoms with E-state index in [2.05, 4.69) is 20.4 Å². The van der Waals surface area contributed by atoms with Gasteiger partial charge < -0.3 is 20.1 Å². The first-order valence-corrected chi connectivity index (χ1v) is 9.03. The van der Waals surface area contributed by atoms with E-state index in [1.165, 1.54) is 19.2 Å². The van der Waals surface area contributed by atoms with Crippen molar-refractivity contribution in [2.24, 2.45) is 4.99 Å². The van der Waals surface area contributed by atoms with Crippen molar-refractivity contribution in [3.05, 3.63) is 59.2 Å². The van der Waals surface area contributed by atoms with Gasteiger partial charge in [-0.2, -0.15) is 8.78 Å². The Morgan fingerprint density at radius 3 is 2.43 bits per heavy atom. The third kappa shape index (κ3) is 7.54. The molecule has 0 heterocycles. The molecule has 0 amide bonds. The zero-order valence-electron chi connectivity index (χ0n) is 16.6. The monoisotopic (exact) mass is 541 g/mol. The molecule has 0 saturated heterocycles. The van der Waals surface area contributed by atoms with E-state index in [0.717, 1.165) is 6.07 Å². The first-order chi connectivity index (χ1) is 14.0. The Morgan fingerprint density at radius 1 is 1.07 bits per heavy atom. The summed E-state index contributed by atoms with van der Waals surface area (Å²) in [7, 11) is 1.53. The van der Waals surface area contributed by atoms with Gasteiger partial charge in [0.2, 0.25) is 0 Å². The van der Waals surface area contributed by atoms with E-state index >= 15 is 0 Å². The van der Waals surface area contributed by atoms with E-state index in [1.807, 2.05) is 0 Å². The lowest BCUT2D eigenvalue weighted by atomic mass is 10.1. The second-order valence-corrected chi connectivity index (χ2v) is 5.87. The van der Waals surface area contributed by atoms with Crippen LogP contribution in [0.4, 0.5) is 17.6 Å². The summed E-state index contributed by atoms with van der Waals surface area (Å²) in [5.74, 6) is -1.23. The van der Waals surface area contributed by atoms with E-state index in [9.17, 15) is 17.6 Å². The number of para-hydroxylation sites is 1. The molecule has 0 aromatic heterocycles. The first kappa shape index (κ1) is 25.8. The van der Waals surface area contributed by atoms with Crippen molar-refractivity contribution in [1.29, 1.82) is 0 Å². The molecule has 0 aliphatic rings. The van der Waals surface area contributed by atoms with E-state index in [-0.39, 0.29) is 54.0 Å². The van der Waals surface area contributed by atoms with Crippen LogP contribution in [0, 0.1) is 11.6 Å². The maximum Gasteiger partial charge on any atom is 0.387 e. The molecule has 0 bridgehead atoms. The van der Waals surface area contributed by atoms with Crippen LogP contribution >= 0.6 is 24.0 Å². The molecule has 2 rings (SSSR count). The Balaban J connectivity index is 0.00000450. The molecule has 10 heteroatoms. The van der Waals surface area contributed by atoms with Gasteiger partial charge in [-0.15, -0.1) is 24.0 Å². The largest absolute Gasteiger partial charge is 0.490 e. The molecule has 0 atom stereocenters. The molecular formula is C20H24F4IN3O2. The van der Waals surface area contributed by atoms with Crippen LogP contribution in [-0.4, -0.2) is 32.8 Å². The Labute approximate surface area is 189 Å². The zero-order valence-corrected chi connectivity index (χ0v) is 18.9. The Hall–Kier alpha value is -2.24. The van der Waals surface area contributed by atoms with Crippen LogP contribution in [0.5, 0.6) is 11.5 Å². The minimum absolute atomic E-state index is 0. The summed E-state index contributed by atoms with van der Waals surface area (Å²) < 4.78 is 62.5. The van der Waals surface area contributed by atoms with Gasteiger partial charge in [-0.3, -0.25) is 4.99 Å².